The summed E-state index contributed by atoms with van der Waals surface area (Å²) < 4.78 is 14.3. The van der Waals surface area contributed by atoms with E-state index >= 15 is 0 Å². The molecule has 0 spiro atoms. The molecule has 1 aliphatic rings. The molecule has 8 heteroatoms. The molecule has 0 saturated heterocycles. The van der Waals surface area contributed by atoms with Crippen LogP contribution in [0.3, 0.4) is 0 Å². The number of carbonyl (C=O) groups excluding carboxylic acids is 2. The first-order valence-corrected chi connectivity index (χ1v) is 10.9. The van der Waals surface area contributed by atoms with Gasteiger partial charge in [-0.25, -0.2) is 0 Å². The minimum atomic E-state index is -1.31. The number of amides is 2. The third-order valence-corrected chi connectivity index (χ3v) is 7.23. The molecule has 2 aromatic rings. The van der Waals surface area contributed by atoms with Gasteiger partial charge in [-0.05, 0) is 51.1 Å². The average molecular weight is 418 g/mol. The molecule has 0 aliphatic carbocycles. The number of fused-ring (bicyclic) bond motifs is 1. The third-order valence-electron chi connectivity index (χ3n) is 4.45. The van der Waals surface area contributed by atoms with Crippen LogP contribution in [0.1, 0.15) is 31.1 Å². The molecule has 0 bridgehead atoms. The number of nitrogens with one attached hydrogen (secondary N) is 2. The van der Waals surface area contributed by atoms with Crippen molar-refractivity contribution in [3.8, 4) is 0 Å². The van der Waals surface area contributed by atoms with Crippen LogP contribution in [-0.4, -0.2) is 39.0 Å². The van der Waals surface area contributed by atoms with E-state index in [2.05, 4.69) is 10.6 Å². The zero-order valence-corrected chi connectivity index (χ0v) is 17.8. The first kappa shape index (κ1) is 20.7. The number of thioether (sulfide) groups is 1. The van der Waals surface area contributed by atoms with Crippen molar-refractivity contribution in [1.82, 2.24) is 4.31 Å². The van der Waals surface area contributed by atoms with E-state index in [0.29, 0.717) is 21.8 Å². The molecule has 0 aromatic heterocycles. The lowest BCUT2D eigenvalue weighted by Gasteiger charge is -2.23. The topological polar surface area (TPSA) is 84.5 Å². The maximum absolute atomic E-state index is 12.7. The van der Waals surface area contributed by atoms with Crippen molar-refractivity contribution in [1.29, 1.82) is 0 Å². The van der Waals surface area contributed by atoms with Gasteiger partial charge in [-0.3, -0.25) is 9.59 Å². The van der Waals surface area contributed by atoms with Crippen LogP contribution in [0, 0.1) is 0 Å². The third kappa shape index (κ3) is 4.52. The smallest absolute Gasteiger partial charge is 0.255 e. The number of benzene rings is 2. The Morgan fingerprint density at radius 3 is 2.75 bits per heavy atom. The Kier molecular flexibility index (Phi) is 6.34. The van der Waals surface area contributed by atoms with Crippen molar-refractivity contribution in [2.75, 3.05) is 17.7 Å². The SMILES string of the molecule is CC1Sc2ccc(C(=O)Nc3cccc([S+]([O-])N(C)C(C)C)c3)cc2NC1=O. The quantitative estimate of drug-likeness (QED) is 0.724. The highest BCUT2D eigenvalue weighted by Crippen LogP contribution is 2.36. The van der Waals surface area contributed by atoms with E-state index in [1.54, 1.807) is 47.8 Å². The van der Waals surface area contributed by atoms with Crippen LogP contribution in [-0.2, 0) is 16.2 Å². The Balaban J connectivity index is 1.76. The highest BCUT2D eigenvalue weighted by atomic mass is 32.2. The van der Waals surface area contributed by atoms with E-state index in [-0.39, 0.29) is 23.1 Å². The minimum Gasteiger partial charge on any atom is -0.593 e. The summed E-state index contributed by atoms with van der Waals surface area (Å²) in [6.45, 7) is 5.78. The summed E-state index contributed by atoms with van der Waals surface area (Å²) >= 11 is 0.167. The van der Waals surface area contributed by atoms with Gasteiger partial charge in [0.25, 0.3) is 5.91 Å². The summed E-state index contributed by atoms with van der Waals surface area (Å²) in [6.07, 6.45) is 0. The van der Waals surface area contributed by atoms with Gasteiger partial charge < -0.3 is 15.2 Å². The van der Waals surface area contributed by atoms with Gasteiger partial charge in [0.1, 0.15) is 0 Å². The lowest BCUT2D eigenvalue weighted by atomic mass is 10.1. The highest BCUT2D eigenvalue weighted by Gasteiger charge is 2.24. The molecule has 1 aliphatic heterocycles. The molecule has 0 radical (unpaired) electrons. The van der Waals surface area contributed by atoms with Crippen molar-refractivity contribution in [2.24, 2.45) is 0 Å². The number of carbonyl (C=O) groups is 2. The summed E-state index contributed by atoms with van der Waals surface area (Å²) in [7, 11) is 1.80. The number of hydrogen-bond donors (Lipinski definition) is 2. The van der Waals surface area contributed by atoms with Crippen LogP contribution in [0.25, 0.3) is 0 Å². The fourth-order valence-electron chi connectivity index (χ4n) is 2.59. The van der Waals surface area contributed by atoms with Crippen LogP contribution in [0.5, 0.6) is 0 Å². The maximum Gasteiger partial charge on any atom is 0.255 e. The Morgan fingerprint density at radius 1 is 1.29 bits per heavy atom. The standard InChI is InChI=1S/C20H23N3O3S2/c1-12(2)23(4)28(26)16-7-5-6-15(11-16)21-20(25)14-8-9-18-17(10-14)22-19(24)13(3)27-18/h5-13H,1-4H3,(H,21,25)(H,22,24). The van der Waals surface area contributed by atoms with Gasteiger partial charge in [-0.1, -0.05) is 6.07 Å². The van der Waals surface area contributed by atoms with Crippen LogP contribution < -0.4 is 10.6 Å². The van der Waals surface area contributed by atoms with Crippen LogP contribution in [0.4, 0.5) is 11.4 Å². The van der Waals surface area contributed by atoms with Crippen molar-refractivity contribution in [2.45, 2.75) is 41.9 Å². The molecule has 2 unspecified atom stereocenters. The molecule has 0 saturated carbocycles. The first-order chi connectivity index (χ1) is 13.3. The van der Waals surface area contributed by atoms with Crippen LogP contribution >= 0.6 is 11.8 Å². The van der Waals surface area contributed by atoms with Gasteiger partial charge in [-0.2, -0.15) is 0 Å². The number of nitrogens with zero attached hydrogens (tertiary/aromatic N) is 1. The lowest BCUT2D eigenvalue weighted by molar-refractivity contribution is -0.115. The summed E-state index contributed by atoms with van der Waals surface area (Å²) in [5.41, 5.74) is 1.66. The minimum absolute atomic E-state index is 0.0699. The van der Waals surface area contributed by atoms with Gasteiger partial charge in [0, 0.05) is 29.3 Å². The van der Waals surface area contributed by atoms with Gasteiger partial charge in [0.05, 0.1) is 28.3 Å². The fourth-order valence-corrected chi connectivity index (χ4v) is 4.66. The summed E-state index contributed by atoms with van der Waals surface area (Å²) in [6, 6.07) is 12.4. The van der Waals surface area contributed by atoms with E-state index < -0.39 is 11.4 Å². The van der Waals surface area contributed by atoms with Gasteiger partial charge in [-0.15, -0.1) is 16.1 Å². The zero-order chi connectivity index (χ0) is 20.4. The number of anilines is 2. The largest absolute Gasteiger partial charge is 0.593 e. The molecule has 28 heavy (non-hydrogen) atoms. The predicted molar refractivity (Wildman–Crippen MR) is 114 cm³/mol. The lowest BCUT2D eigenvalue weighted by Crippen LogP contribution is -2.33. The van der Waals surface area contributed by atoms with Gasteiger partial charge in [0.2, 0.25) is 5.91 Å². The Morgan fingerprint density at radius 2 is 2.04 bits per heavy atom. The molecule has 148 valence electrons. The van der Waals surface area contributed by atoms with E-state index in [1.165, 1.54) is 11.8 Å². The molecule has 2 amide bonds. The van der Waals surface area contributed by atoms with E-state index in [0.717, 1.165) is 4.90 Å². The molecule has 2 aromatic carbocycles. The second-order valence-electron chi connectivity index (χ2n) is 6.83. The molecular weight excluding hydrogens is 394 g/mol. The molecule has 2 atom stereocenters. The maximum atomic E-state index is 12.7. The molecule has 6 nitrogen and oxygen atoms in total. The van der Waals surface area contributed by atoms with E-state index in [9.17, 15) is 14.1 Å². The second kappa shape index (κ2) is 8.57. The molecule has 2 N–H and O–H groups in total. The monoisotopic (exact) mass is 417 g/mol. The van der Waals surface area contributed by atoms with Crippen molar-refractivity contribution >= 4 is 46.3 Å². The molecule has 3 rings (SSSR count). The van der Waals surface area contributed by atoms with Crippen LogP contribution in [0.2, 0.25) is 0 Å². The Bertz CT molecular complexity index is 904. The average Bonchev–Trinajstić information content (AvgIpc) is 2.67. The fraction of sp³-hybridized carbons (Fsp3) is 0.300. The summed E-state index contributed by atoms with van der Waals surface area (Å²) in [5, 5.41) is 5.51. The normalized spacial score (nSPS) is 17.2. The zero-order valence-electron chi connectivity index (χ0n) is 16.2. The Labute approximate surface area is 172 Å². The summed E-state index contributed by atoms with van der Waals surface area (Å²) in [4.78, 5) is 26.1. The van der Waals surface area contributed by atoms with Crippen molar-refractivity contribution in [3.05, 3.63) is 48.0 Å². The Hall–Kier alpha value is -2.00. The number of hydrogen-bond acceptors (Lipinski definition) is 5. The highest BCUT2D eigenvalue weighted by molar-refractivity contribution is 8.01. The molecule has 1 heterocycles. The first-order valence-electron chi connectivity index (χ1n) is 8.94. The van der Waals surface area contributed by atoms with E-state index in [4.69, 9.17) is 0 Å². The van der Waals surface area contributed by atoms with E-state index in [1.807, 2.05) is 26.8 Å². The predicted octanol–water partition coefficient (Wildman–Crippen LogP) is 3.73. The molecule has 0 fully saturated rings. The van der Waals surface area contributed by atoms with Crippen LogP contribution in [0.15, 0.2) is 52.3 Å². The van der Waals surface area contributed by atoms with Gasteiger partial charge >= 0.3 is 0 Å². The second-order valence-corrected chi connectivity index (χ2v) is 9.76. The van der Waals surface area contributed by atoms with Crippen molar-refractivity contribution in [3.63, 3.8) is 0 Å². The number of rotatable bonds is 5. The van der Waals surface area contributed by atoms with Crippen molar-refractivity contribution < 1.29 is 14.1 Å². The summed E-state index contributed by atoms with van der Waals surface area (Å²) in [5.74, 6) is -0.361. The molecular formula is C20H23N3O3S2. The van der Waals surface area contributed by atoms with Gasteiger partial charge in [0.15, 0.2) is 4.90 Å².